The summed E-state index contributed by atoms with van der Waals surface area (Å²) in [5, 5.41) is 23.0. The summed E-state index contributed by atoms with van der Waals surface area (Å²) in [4.78, 5) is 40.2. The molecule has 1 aliphatic rings. The number of likely N-dealkylation sites (tertiary alicyclic amines) is 1. The second-order valence-electron chi connectivity index (χ2n) is 9.78. The zero-order chi connectivity index (χ0) is 27.6. The minimum absolute atomic E-state index is 0.0856. The van der Waals surface area contributed by atoms with Crippen LogP contribution in [0.1, 0.15) is 36.0 Å². The van der Waals surface area contributed by atoms with Crippen LogP contribution in [0.3, 0.4) is 0 Å². The van der Waals surface area contributed by atoms with Crippen LogP contribution in [-0.4, -0.2) is 48.0 Å². The minimum Gasteiger partial charge on any atom is -0.494 e. The molecule has 10 nitrogen and oxygen atoms in total. The number of carbonyl (C=O) groups is 1. The van der Waals surface area contributed by atoms with Crippen LogP contribution < -0.4 is 0 Å². The van der Waals surface area contributed by atoms with Gasteiger partial charge in [0, 0.05) is 48.1 Å². The van der Waals surface area contributed by atoms with Gasteiger partial charge in [-0.25, -0.2) is 9.98 Å². The lowest BCUT2D eigenvalue weighted by Crippen LogP contribution is -2.34. The van der Waals surface area contributed by atoms with E-state index in [1.807, 2.05) is 53.4 Å². The van der Waals surface area contributed by atoms with Crippen molar-refractivity contribution in [1.29, 1.82) is 0 Å². The average Bonchev–Trinajstić information content (AvgIpc) is 3.61. The first-order valence-corrected chi connectivity index (χ1v) is 13.0. The van der Waals surface area contributed by atoms with Gasteiger partial charge in [-0.05, 0) is 42.2 Å². The number of hydrogen-bond acceptors (Lipinski definition) is 6. The number of carbonyl (C=O) groups excluding carboxylic acids is 1. The van der Waals surface area contributed by atoms with E-state index in [4.69, 9.17) is 4.99 Å². The molecule has 3 N–H and O–H groups in total. The van der Waals surface area contributed by atoms with Crippen molar-refractivity contribution in [3.63, 3.8) is 0 Å². The van der Waals surface area contributed by atoms with Crippen molar-refractivity contribution in [2.75, 3.05) is 6.54 Å². The van der Waals surface area contributed by atoms with Crippen LogP contribution in [0.25, 0.3) is 22.2 Å². The van der Waals surface area contributed by atoms with Crippen LogP contribution in [0.5, 0.6) is 5.88 Å². The van der Waals surface area contributed by atoms with Crippen molar-refractivity contribution in [1.82, 2.24) is 19.9 Å². The second-order valence-corrected chi connectivity index (χ2v) is 9.78. The van der Waals surface area contributed by atoms with E-state index in [1.165, 1.54) is 12.1 Å². The summed E-state index contributed by atoms with van der Waals surface area (Å²) in [6, 6.07) is 19.7. The molecule has 0 radical (unpaired) electrons. The number of aromatic hydroxyl groups is 1. The van der Waals surface area contributed by atoms with Crippen LogP contribution in [0, 0.1) is 10.1 Å². The Morgan fingerprint density at radius 1 is 1.07 bits per heavy atom. The smallest absolute Gasteiger partial charge is 0.270 e. The molecule has 0 unspecified atom stereocenters. The summed E-state index contributed by atoms with van der Waals surface area (Å²) in [5.74, 6) is 0.0350. The summed E-state index contributed by atoms with van der Waals surface area (Å²) < 4.78 is 0. The molecule has 1 saturated heterocycles. The van der Waals surface area contributed by atoms with E-state index in [-0.39, 0.29) is 17.5 Å². The van der Waals surface area contributed by atoms with Crippen molar-refractivity contribution in [3.05, 3.63) is 106 Å². The Balaban J connectivity index is 1.43. The number of non-ortho nitro benzene ring substituents is 1. The van der Waals surface area contributed by atoms with E-state index in [2.05, 4.69) is 15.0 Å². The maximum atomic E-state index is 12.3. The number of nitrogens with zero attached hydrogens (tertiary/aromatic N) is 4. The predicted molar refractivity (Wildman–Crippen MR) is 152 cm³/mol. The standard InChI is InChI=1S/C30H26N6O4/c37-27-3-1-2-14-35(27)17-19-4-6-21(7-5-19)29(33-22-10-8-20(9-11-22)26-16-31-18-32-26)28-24-15-23(36(39)40)12-13-25(24)34-30(28)38/h4-13,15-16,18,34,38H,1-3,14,17H2,(H,31,32). The molecule has 0 bridgehead atoms. The number of aromatic amines is 2. The zero-order valence-corrected chi connectivity index (χ0v) is 21.5. The van der Waals surface area contributed by atoms with Crippen molar-refractivity contribution in [2.45, 2.75) is 25.8 Å². The van der Waals surface area contributed by atoms with Gasteiger partial charge in [0.05, 0.1) is 40.1 Å². The summed E-state index contributed by atoms with van der Waals surface area (Å²) in [7, 11) is 0. The minimum atomic E-state index is -0.463. The molecule has 40 heavy (non-hydrogen) atoms. The molecule has 2 aromatic heterocycles. The van der Waals surface area contributed by atoms with Gasteiger partial charge in [0.15, 0.2) is 5.88 Å². The summed E-state index contributed by atoms with van der Waals surface area (Å²) in [6.07, 6.45) is 5.87. The number of benzene rings is 3. The van der Waals surface area contributed by atoms with Gasteiger partial charge < -0.3 is 20.0 Å². The molecular formula is C30H26N6O4. The van der Waals surface area contributed by atoms with Crippen molar-refractivity contribution >= 4 is 33.9 Å². The lowest BCUT2D eigenvalue weighted by atomic mass is 9.99. The van der Waals surface area contributed by atoms with E-state index >= 15 is 0 Å². The van der Waals surface area contributed by atoms with Crippen LogP contribution in [-0.2, 0) is 11.3 Å². The third-order valence-electron chi connectivity index (χ3n) is 7.15. The van der Waals surface area contributed by atoms with Gasteiger partial charge in [-0.1, -0.05) is 36.4 Å². The van der Waals surface area contributed by atoms with Crippen LogP contribution in [0.2, 0.25) is 0 Å². The maximum absolute atomic E-state index is 12.3. The van der Waals surface area contributed by atoms with Crippen molar-refractivity contribution < 1.29 is 14.8 Å². The molecule has 0 atom stereocenters. The highest BCUT2D eigenvalue weighted by Crippen LogP contribution is 2.34. The fourth-order valence-corrected chi connectivity index (χ4v) is 5.06. The van der Waals surface area contributed by atoms with Crippen molar-refractivity contribution in [3.8, 4) is 17.1 Å². The molecule has 10 heteroatoms. The third-order valence-corrected chi connectivity index (χ3v) is 7.15. The number of piperidine rings is 1. The third kappa shape index (κ3) is 4.94. The highest BCUT2D eigenvalue weighted by Gasteiger charge is 2.22. The van der Waals surface area contributed by atoms with E-state index in [1.54, 1.807) is 18.6 Å². The Bertz CT molecular complexity index is 1720. The molecule has 0 saturated carbocycles. The summed E-state index contributed by atoms with van der Waals surface area (Å²) >= 11 is 0. The Hall–Kier alpha value is -5.25. The molecule has 1 aliphatic heterocycles. The van der Waals surface area contributed by atoms with Crippen molar-refractivity contribution in [2.24, 2.45) is 4.99 Å². The van der Waals surface area contributed by atoms with E-state index in [0.717, 1.165) is 36.2 Å². The molecule has 0 spiro atoms. The van der Waals surface area contributed by atoms with E-state index < -0.39 is 4.92 Å². The Labute approximate surface area is 229 Å². The van der Waals surface area contributed by atoms with Gasteiger partial charge in [-0.15, -0.1) is 0 Å². The quantitative estimate of drug-likeness (QED) is 0.136. The average molecular weight is 535 g/mol. The van der Waals surface area contributed by atoms with Gasteiger partial charge >= 0.3 is 0 Å². The SMILES string of the molecule is O=C1CCCCN1Cc1ccc(C(=Nc2ccc(-c3cnc[nH]3)cc2)c2c(O)[nH]c3ccc([N+](=O)[O-])cc23)cc1. The fourth-order valence-electron chi connectivity index (χ4n) is 5.06. The second kappa shape index (κ2) is 10.5. The number of hydrogen-bond donors (Lipinski definition) is 3. The highest BCUT2D eigenvalue weighted by molar-refractivity contribution is 6.22. The lowest BCUT2D eigenvalue weighted by molar-refractivity contribution is -0.384. The molecule has 3 heterocycles. The Morgan fingerprint density at radius 3 is 2.58 bits per heavy atom. The van der Waals surface area contributed by atoms with Crippen LogP contribution >= 0.6 is 0 Å². The number of nitro benzene ring substituents is 1. The molecule has 6 rings (SSSR count). The van der Waals surface area contributed by atoms with Gasteiger partial charge in [0.25, 0.3) is 5.69 Å². The normalized spacial score (nSPS) is 14.2. The van der Waals surface area contributed by atoms with Gasteiger partial charge in [0.2, 0.25) is 5.91 Å². The van der Waals surface area contributed by atoms with Crippen LogP contribution in [0.15, 0.2) is 84.2 Å². The molecule has 3 aromatic carbocycles. The zero-order valence-electron chi connectivity index (χ0n) is 21.5. The fraction of sp³-hybridized carbons (Fsp3) is 0.167. The number of fused-ring (bicyclic) bond motifs is 1. The number of aromatic nitrogens is 3. The summed E-state index contributed by atoms with van der Waals surface area (Å²) in [6.45, 7) is 1.29. The van der Waals surface area contributed by atoms with Gasteiger partial charge in [-0.3, -0.25) is 14.9 Å². The maximum Gasteiger partial charge on any atom is 0.270 e. The molecule has 1 amide bonds. The molecular weight excluding hydrogens is 508 g/mol. The van der Waals surface area contributed by atoms with E-state index in [9.17, 15) is 20.0 Å². The Morgan fingerprint density at radius 2 is 1.88 bits per heavy atom. The summed E-state index contributed by atoms with van der Waals surface area (Å²) in [5.41, 5.74) is 5.46. The predicted octanol–water partition coefficient (Wildman–Crippen LogP) is 5.85. The molecule has 0 aliphatic carbocycles. The largest absolute Gasteiger partial charge is 0.494 e. The van der Waals surface area contributed by atoms with Gasteiger partial charge in [0.1, 0.15) is 0 Å². The van der Waals surface area contributed by atoms with Gasteiger partial charge in [-0.2, -0.15) is 0 Å². The Kier molecular flexibility index (Phi) is 6.57. The first kappa shape index (κ1) is 25.1. The lowest BCUT2D eigenvalue weighted by Gasteiger charge is -2.26. The number of imidazole rings is 1. The molecule has 1 fully saturated rings. The van der Waals surface area contributed by atoms with E-state index in [0.29, 0.717) is 46.4 Å². The molecule has 200 valence electrons. The van der Waals surface area contributed by atoms with Crippen LogP contribution in [0.4, 0.5) is 11.4 Å². The number of nitrogens with one attached hydrogen (secondary N) is 2. The molecule has 5 aromatic rings. The number of amides is 1. The number of rotatable bonds is 7. The first-order valence-electron chi connectivity index (χ1n) is 13.0. The topological polar surface area (TPSA) is 141 Å². The number of aliphatic imine (C=N–C) groups is 1. The monoisotopic (exact) mass is 534 g/mol. The highest BCUT2D eigenvalue weighted by atomic mass is 16.6. The first-order chi connectivity index (χ1) is 19.5. The number of nitro groups is 1. The number of H-pyrrole nitrogens is 2.